The fourth-order valence-electron chi connectivity index (χ4n) is 3.33. The van der Waals surface area contributed by atoms with Crippen molar-refractivity contribution in [1.29, 1.82) is 0 Å². The monoisotopic (exact) mass is 244 g/mol. The smallest absolute Gasteiger partial charge is 0.00942 e. The summed E-state index contributed by atoms with van der Waals surface area (Å²) in [5, 5.41) is 3.79. The van der Waals surface area contributed by atoms with Crippen LogP contribution in [0.1, 0.15) is 36.8 Å². The Labute approximate surface area is 110 Å². The zero-order valence-electron chi connectivity index (χ0n) is 11.5. The Morgan fingerprint density at radius 2 is 2.17 bits per heavy atom. The van der Waals surface area contributed by atoms with Crippen LogP contribution in [0.25, 0.3) is 0 Å². The summed E-state index contributed by atoms with van der Waals surface area (Å²) in [6.07, 6.45) is 3.87. The van der Waals surface area contributed by atoms with E-state index in [0.29, 0.717) is 0 Å². The summed E-state index contributed by atoms with van der Waals surface area (Å²) in [7, 11) is 2.24. The van der Waals surface area contributed by atoms with Crippen LogP contribution in [-0.2, 0) is 6.42 Å². The molecule has 0 spiro atoms. The Morgan fingerprint density at radius 1 is 1.33 bits per heavy atom. The van der Waals surface area contributed by atoms with Gasteiger partial charge in [-0.05, 0) is 50.9 Å². The Balaban J connectivity index is 1.49. The van der Waals surface area contributed by atoms with Crippen molar-refractivity contribution >= 4 is 0 Å². The fraction of sp³-hybridized carbons (Fsp3) is 0.625. The van der Waals surface area contributed by atoms with Gasteiger partial charge >= 0.3 is 0 Å². The number of likely N-dealkylation sites (tertiary alicyclic amines) is 1. The third-order valence-corrected chi connectivity index (χ3v) is 4.82. The highest BCUT2D eigenvalue weighted by Crippen LogP contribution is 2.34. The predicted molar refractivity (Wildman–Crippen MR) is 76.0 cm³/mol. The van der Waals surface area contributed by atoms with E-state index in [2.05, 4.69) is 48.5 Å². The van der Waals surface area contributed by atoms with E-state index < -0.39 is 0 Å². The summed E-state index contributed by atoms with van der Waals surface area (Å²) in [6.45, 7) is 4.74. The van der Waals surface area contributed by atoms with Crippen LogP contribution in [0.4, 0.5) is 0 Å². The highest BCUT2D eigenvalue weighted by molar-refractivity contribution is 5.40. The molecule has 1 aromatic rings. The van der Waals surface area contributed by atoms with Gasteiger partial charge in [0, 0.05) is 24.5 Å². The fourth-order valence-corrected chi connectivity index (χ4v) is 3.33. The zero-order valence-corrected chi connectivity index (χ0v) is 11.5. The molecule has 3 unspecified atom stereocenters. The van der Waals surface area contributed by atoms with Gasteiger partial charge in [-0.2, -0.15) is 0 Å². The third kappa shape index (κ3) is 2.32. The highest BCUT2D eigenvalue weighted by atomic mass is 15.1. The standard InChI is InChI=1S/C16H24N2/c1-12-9-15(7-8-18(12)2)17-11-14-10-13-5-3-4-6-16(13)14/h3-6,12,14-15,17H,7-11H2,1-2H3. The molecule has 18 heavy (non-hydrogen) atoms. The van der Waals surface area contributed by atoms with Gasteiger partial charge in [0.05, 0.1) is 0 Å². The molecule has 1 aliphatic carbocycles. The quantitative estimate of drug-likeness (QED) is 0.878. The van der Waals surface area contributed by atoms with Crippen molar-refractivity contribution < 1.29 is 0 Å². The summed E-state index contributed by atoms with van der Waals surface area (Å²) in [5.41, 5.74) is 3.13. The van der Waals surface area contributed by atoms with Crippen LogP contribution in [0, 0.1) is 0 Å². The van der Waals surface area contributed by atoms with Crippen molar-refractivity contribution in [2.75, 3.05) is 20.1 Å². The summed E-state index contributed by atoms with van der Waals surface area (Å²) < 4.78 is 0. The molecular formula is C16H24N2. The average molecular weight is 244 g/mol. The first kappa shape index (κ1) is 12.2. The molecule has 0 amide bonds. The number of benzene rings is 1. The maximum Gasteiger partial charge on any atom is 0.00942 e. The van der Waals surface area contributed by atoms with Crippen molar-refractivity contribution in [3.05, 3.63) is 35.4 Å². The van der Waals surface area contributed by atoms with Crippen LogP contribution in [0.3, 0.4) is 0 Å². The van der Waals surface area contributed by atoms with Gasteiger partial charge in [-0.15, -0.1) is 0 Å². The zero-order chi connectivity index (χ0) is 12.5. The van der Waals surface area contributed by atoms with Crippen LogP contribution >= 0.6 is 0 Å². The number of fused-ring (bicyclic) bond motifs is 1. The Kier molecular flexibility index (Phi) is 3.40. The molecule has 1 heterocycles. The van der Waals surface area contributed by atoms with E-state index in [-0.39, 0.29) is 0 Å². The lowest BCUT2D eigenvalue weighted by molar-refractivity contribution is 0.167. The first-order chi connectivity index (χ1) is 8.74. The Hall–Kier alpha value is -0.860. The van der Waals surface area contributed by atoms with Crippen molar-refractivity contribution in [2.24, 2.45) is 0 Å². The lowest BCUT2D eigenvalue weighted by Gasteiger charge is -2.37. The molecule has 0 radical (unpaired) electrons. The molecule has 98 valence electrons. The van der Waals surface area contributed by atoms with Crippen molar-refractivity contribution in [3.63, 3.8) is 0 Å². The number of nitrogens with zero attached hydrogens (tertiary/aromatic N) is 1. The van der Waals surface area contributed by atoms with Crippen molar-refractivity contribution in [3.8, 4) is 0 Å². The summed E-state index contributed by atoms with van der Waals surface area (Å²) in [5.74, 6) is 0.760. The van der Waals surface area contributed by atoms with E-state index in [1.165, 1.54) is 25.8 Å². The van der Waals surface area contributed by atoms with Gasteiger partial charge < -0.3 is 10.2 Å². The second-order valence-electron chi connectivity index (χ2n) is 6.06. The number of rotatable bonds is 3. The second-order valence-corrected chi connectivity index (χ2v) is 6.06. The highest BCUT2D eigenvalue weighted by Gasteiger charge is 2.27. The van der Waals surface area contributed by atoms with Gasteiger partial charge in [0.15, 0.2) is 0 Å². The lowest BCUT2D eigenvalue weighted by Crippen LogP contribution is -2.47. The van der Waals surface area contributed by atoms with Crippen LogP contribution in [0.5, 0.6) is 0 Å². The maximum atomic E-state index is 3.79. The summed E-state index contributed by atoms with van der Waals surface area (Å²) in [4.78, 5) is 2.47. The van der Waals surface area contributed by atoms with Crippen LogP contribution in [-0.4, -0.2) is 37.1 Å². The first-order valence-corrected chi connectivity index (χ1v) is 7.25. The number of hydrogen-bond acceptors (Lipinski definition) is 2. The predicted octanol–water partition coefficient (Wildman–Crippen LogP) is 2.40. The molecule has 1 N–H and O–H groups in total. The average Bonchev–Trinajstić information content (AvgIpc) is 2.35. The van der Waals surface area contributed by atoms with Crippen LogP contribution < -0.4 is 5.32 Å². The molecule has 0 saturated carbocycles. The largest absolute Gasteiger partial charge is 0.313 e. The third-order valence-electron chi connectivity index (χ3n) is 4.82. The normalized spacial score (nSPS) is 31.8. The van der Waals surface area contributed by atoms with Gasteiger partial charge in [0.25, 0.3) is 0 Å². The molecule has 0 bridgehead atoms. The minimum Gasteiger partial charge on any atom is -0.313 e. The molecule has 3 atom stereocenters. The van der Waals surface area contributed by atoms with Crippen LogP contribution in [0.2, 0.25) is 0 Å². The van der Waals surface area contributed by atoms with E-state index in [4.69, 9.17) is 0 Å². The molecule has 1 fully saturated rings. The van der Waals surface area contributed by atoms with E-state index in [1.807, 2.05) is 0 Å². The molecular weight excluding hydrogens is 220 g/mol. The Bertz CT molecular complexity index is 415. The van der Waals surface area contributed by atoms with Crippen molar-refractivity contribution in [1.82, 2.24) is 10.2 Å². The SMILES string of the molecule is CC1CC(NCC2Cc3ccccc32)CCN1C. The van der Waals surface area contributed by atoms with Gasteiger partial charge in [-0.25, -0.2) is 0 Å². The number of hydrogen-bond donors (Lipinski definition) is 1. The van der Waals surface area contributed by atoms with Gasteiger partial charge in [0.1, 0.15) is 0 Å². The lowest BCUT2D eigenvalue weighted by atomic mass is 9.77. The molecule has 2 aliphatic rings. The summed E-state index contributed by atoms with van der Waals surface area (Å²) in [6, 6.07) is 10.3. The van der Waals surface area contributed by atoms with E-state index in [1.54, 1.807) is 11.1 Å². The second kappa shape index (κ2) is 5.02. The van der Waals surface area contributed by atoms with E-state index in [9.17, 15) is 0 Å². The molecule has 1 saturated heterocycles. The van der Waals surface area contributed by atoms with Gasteiger partial charge in [-0.1, -0.05) is 24.3 Å². The van der Waals surface area contributed by atoms with E-state index in [0.717, 1.165) is 24.5 Å². The minimum atomic E-state index is 0.726. The Morgan fingerprint density at radius 3 is 2.94 bits per heavy atom. The van der Waals surface area contributed by atoms with E-state index >= 15 is 0 Å². The molecule has 3 rings (SSSR count). The molecule has 0 aromatic heterocycles. The van der Waals surface area contributed by atoms with Crippen LogP contribution in [0.15, 0.2) is 24.3 Å². The van der Waals surface area contributed by atoms with Crippen molar-refractivity contribution in [2.45, 2.75) is 44.2 Å². The summed E-state index contributed by atoms with van der Waals surface area (Å²) >= 11 is 0. The molecule has 2 heteroatoms. The maximum absolute atomic E-state index is 3.79. The first-order valence-electron chi connectivity index (χ1n) is 7.25. The molecule has 2 nitrogen and oxygen atoms in total. The number of piperidine rings is 1. The van der Waals surface area contributed by atoms with Gasteiger partial charge in [-0.3, -0.25) is 0 Å². The minimum absolute atomic E-state index is 0.726. The number of nitrogens with one attached hydrogen (secondary N) is 1. The van der Waals surface area contributed by atoms with Gasteiger partial charge in [0.2, 0.25) is 0 Å². The molecule has 1 aliphatic heterocycles. The topological polar surface area (TPSA) is 15.3 Å². The molecule has 1 aromatic carbocycles.